The number of nitrogens with one attached hydrogen (secondary N) is 1. The molecule has 0 aliphatic rings. The fourth-order valence-corrected chi connectivity index (χ4v) is 2.87. The second-order valence-electron chi connectivity index (χ2n) is 6.24. The summed E-state index contributed by atoms with van der Waals surface area (Å²) in [5.74, 6) is -0.0152. The zero-order chi connectivity index (χ0) is 18.4. The zero-order valence-corrected chi connectivity index (χ0v) is 14.8. The summed E-state index contributed by atoms with van der Waals surface area (Å²) in [4.78, 5) is 33.0. The maximum Gasteiger partial charge on any atom is 0.261 e. The Labute approximate surface area is 151 Å². The standard InChI is InChI=1S/C20H22N4O2/c1-15-6-4-8-17-19(15)23-14-24(20(17)26)13-5-9-18(25)22-12-10-16-7-2-3-11-21-16/h2-4,6-8,11,14H,5,9-10,12-13H2,1H3,(H,22,25). The van der Waals surface area contributed by atoms with Crippen molar-refractivity contribution in [1.82, 2.24) is 19.9 Å². The van der Waals surface area contributed by atoms with Gasteiger partial charge in [-0.25, -0.2) is 4.98 Å². The maximum atomic E-state index is 12.5. The predicted octanol–water partition coefficient (Wildman–Crippen LogP) is 2.24. The molecule has 2 heterocycles. The third-order valence-electron chi connectivity index (χ3n) is 4.29. The average Bonchev–Trinajstić information content (AvgIpc) is 2.65. The quantitative estimate of drug-likeness (QED) is 0.709. The lowest BCUT2D eigenvalue weighted by molar-refractivity contribution is -0.121. The van der Waals surface area contributed by atoms with Gasteiger partial charge in [0.25, 0.3) is 5.56 Å². The molecule has 1 amide bonds. The molecule has 6 heteroatoms. The fourth-order valence-electron chi connectivity index (χ4n) is 2.87. The Morgan fingerprint density at radius 1 is 1.15 bits per heavy atom. The summed E-state index contributed by atoms with van der Waals surface area (Å²) in [6.45, 7) is 2.98. The van der Waals surface area contributed by atoms with Crippen LogP contribution in [0, 0.1) is 6.92 Å². The Morgan fingerprint density at radius 2 is 2.04 bits per heavy atom. The van der Waals surface area contributed by atoms with Crippen molar-refractivity contribution < 1.29 is 4.79 Å². The number of aryl methyl sites for hydroxylation is 2. The van der Waals surface area contributed by atoms with Crippen molar-refractivity contribution in [3.8, 4) is 0 Å². The molecule has 0 bridgehead atoms. The molecule has 2 aromatic heterocycles. The minimum Gasteiger partial charge on any atom is -0.356 e. The van der Waals surface area contributed by atoms with E-state index in [-0.39, 0.29) is 11.5 Å². The fraction of sp³-hybridized carbons (Fsp3) is 0.300. The van der Waals surface area contributed by atoms with Crippen molar-refractivity contribution in [3.63, 3.8) is 0 Å². The molecule has 0 saturated carbocycles. The summed E-state index contributed by atoms with van der Waals surface area (Å²) in [5.41, 5.74) is 2.62. The Bertz CT molecular complexity index is 951. The monoisotopic (exact) mass is 350 g/mol. The molecule has 1 N–H and O–H groups in total. The van der Waals surface area contributed by atoms with Gasteiger partial charge < -0.3 is 5.32 Å². The lowest BCUT2D eigenvalue weighted by atomic mass is 10.1. The van der Waals surface area contributed by atoms with Gasteiger partial charge in [0.05, 0.1) is 17.2 Å². The van der Waals surface area contributed by atoms with E-state index in [2.05, 4.69) is 15.3 Å². The number of rotatable bonds is 7. The van der Waals surface area contributed by atoms with Crippen molar-refractivity contribution in [2.75, 3.05) is 6.54 Å². The van der Waals surface area contributed by atoms with Crippen LogP contribution in [0.1, 0.15) is 24.1 Å². The molecule has 0 radical (unpaired) electrons. The Hall–Kier alpha value is -3.02. The highest BCUT2D eigenvalue weighted by molar-refractivity contribution is 5.80. The highest BCUT2D eigenvalue weighted by Gasteiger charge is 2.07. The molecule has 0 aliphatic heterocycles. The van der Waals surface area contributed by atoms with Crippen LogP contribution in [0.15, 0.2) is 53.7 Å². The lowest BCUT2D eigenvalue weighted by Crippen LogP contribution is -2.27. The molecule has 134 valence electrons. The SMILES string of the molecule is Cc1cccc2c(=O)n(CCCC(=O)NCCc3ccccn3)cnc12. The van der Waals surface area contributed by atoms with E-state index in [0.717, 1.165) is 16.8 Å². The van der Waals surface area contributed by atoms with Crippen LogP contribution in [-0.4, -0.2) is 27.0 Å². The normalized spacial score (nSPS) is 10.8. The molecule has 3 rings (SSSR count). The van der Waals surface area contributed by atoms with Gasteiger partial charge in [0.2, 0.25) is 5.91 Å². The van der Waals surface area contributed by atoms with Crippen LogP contribution in [0.5, 0.6) is 0 Å². The number of hydrogen-bond acceptors (Lipinski definition) is 4. The Balaban J connectivity index is 1.49. The van der Waals surface area contributed by atoms with Crippen LogP contribution in [0.25, 0.3) is 10.9 Å². The number of carbonyl (C=O) groups excluding carboxylic acids is 1. The van der Waals surface area contributed by atoms with E-state index in [9.17, 15) is 9.59 Å². The van der Waals surface area contributed by atoms with E-state index < -0.39 is 0 Å². The van der Waals surface area contributed by atoms with Crippen LogP contribution in [-0.2, 0) is 17.8 Å². The van der Waals surface area contributed by atoms with Gasteiger partial charge in [-0.2, -0.15) is 0 Å². The highest BCUT2D eigenvalue weighted by Crippen LogP contribution is 2.11. The summed E-state index contributed by atoms with van der Waals surface area (Å²) < 4.78 is 1.57. The average molecular weight is 350 g/mol. The first-order chi connectivity index (χ1) is 12.6. The number of nitrogens with zero attached hydrogens (tertiary/aromatic N) is 3. The zero-order valence-electron chi connectivity index (χ0n) is 14.8. The van der Waals surface area contributed by atoms with E-state index >= 15 is 0 Å². The predicted molar refractivity (Wildman–Crippen MR) is 101 cm³/mol. The Kier molecular flexibility index (Phi) is 5.73. The topological polar surface area (TPSA) is 76.9 Å². The smallest absolute Gasteiger partial charge is 0.261 e. The number of aromatic nitrogens is 3. The molecular formula is C20H22N4O2. The second kappa shape index (κ2) is 8.38. The van der Waals surface area contributed by atoms with Gasteiger partial charge in [0.1, 0.15) is 0 Å². The van der Waals surface area contributed by atoms with E-state index in [1.807, 2.05) is 37.3 Å². The van der Waals surface area contributed by atoms with E-state index in [1.54, 1.807) is 23.2 Å². The van der Waals surface area contributed by atoms with Crippen molar-refractivity contribution in [2.24, 2.45) is 0 Å². The van der Waals surface area contributed by atoms with Gasteiger partial charge in [0, 0.05) is 37.8 Å². The number of hydrogen-bond donors (Lipinski definition) is 1. The first-order valence-electron chi connectivity index (χ1n) is 8.76. The second-order valence-corrected chi connectivity index (χ2v) is 6.24. The van der Waals surface area contributed by atoms with E-state index in [4.69, 9.17) is 0 Å². The summed E-state index contributed by atoms with van der Waals surface area (Å²) in [6, 6.07) is 11.3. The maximum absolute atomic E-state index is 12.5. The number of carbonyl (C=O) groups is 1. The number of pyridine rings is 1. The van der Waals surface area contributed by atoms with Crippen LogP contribution in [0.4, 0.5) is 0 Å². The van der Waals surface area contributed by atoms with E-state index in [1.165, 1.54) is 0 Å². The van der Waals surface area contributed by atoms with Gasteiger partial charge in [-0.15, -0.1) is 0 Å². The third kappa shape index (κ3) is 4.33. The number of fused-ring (bicyclic) bond motifs is 1. The minimum absolute atomic E-state index is 0.0152. The van der Waals surface area contributed by atoms with Gasteiger partial charge in [0.15, 0.2) is 0 Å². The summed E-state index contributed by atoms with van der Waals surface area (Å²) in [7, 11) is 0. The molecule has 0 unspecified atom stereocenters. The first kappa shape index (κ1) is 17.8. The molecule has 0 atom stereocenters. The third-order valence-corrected chi connectivity index (χ3v) is 4.29. The minimum atomic E-state index is -0.0609. The van der Waals surface area contributed by atoms with Gasteiger partial charge in [-0.3, -0.25) is 19.1 Å². The van der Waals surface area contributed by atoms with Crippen molar-refractivity contribution in [1.29, 1.82) is 0 Å². The molecule has 1 aromatic carbocycles. The Morgan fingerprint density at radius 3 is 2.85 bits per heavy atom. The van der Waals surface area contributed by atoms with Gasteiger partial charge >= 0.3 is 0 Å². The largest absolute Gasteiger partial charge is 0.356 e. The summed E-state index contributed by atoms with van der Waals surface area (Å²) >= 11 is 0. The van der Waals surface area contributed by atoms with Crippen molar-refractivity contribution in [2.45, 2.75) is 32.7 Å². The molecular weight excluding hydrogens is 328 g/mol. The molecule has 6 nitrogen and oxygen atoms in total. The van der Waals surface area contributed by atoms with Crippen LogP contribution < -0.4 is 10.9 Å². The molecule has 0 spiro atoms. The first-order valence-corrected chi connectivity index (χ1v) is 8.76. The van der Waals surface area contributed by atoms with Crippen molar-refractivity contribution >= 4 is 16.8 Å². The van der Waals surface area contributed by atoms with Gasteiger partial charge in [-0.1, -0.05) is 18.2 Å². The molecule has 0 saturated heterocycles. The number of amides is 1. The molecule has 26 heavy (non-hydrogen) atoms. The molecule has 0 aliphatic carbocycles. The lowest BCUT2D eigenvalue weighted by Gasteiger charge is -2.08. The molecule has 3 aromatic rings. The highest BCUT2D eigenvalue weighted by atomic mass is 16.1. The van der Waals surface area contributed by atoms with Crippen molar-refractivity contribution in [3.05, 3.63) is 70.5 Å². The summed E-state index contributed by atoms with van der Waals surface area (Å²) in [5, 5.41) is 3.51. The molecule has 0 fully saturated rings. The number of benzene rings is 1. The summed E-state index contributed by atoms with van der Waals surface area (Å²) in [6.07, 6.45) is 4.99. The van der Waals surface area contributed by atoms with Crippen LogP contribution in [0.2, 0.25) is 0 Å². The van der Waals surface area contributed by atoms with Crippen LogP contribution >= 0.6 is 0 Å². The van der Waals surface area contributed by atoms with Crippen LogP contribution in [0.3, 0.4) is 0 Å². The number of para-hydroxylation sites is 1. The van der Waals surface area contributed by atoms with E-state index in [0.29, 0.717) is 37.7 Å². The van der Waals surface area contributed by atoms with Gasteiger partial charge in [-0.05, 0) is 37.1 Å².